The van der Waals surface area contributed by atoms with E-state index in [0.717, 1.165) is 6.20 Å². The van der Waals surface area contributed by atoms with Crippen LogP contribution in [0.15, 0.2) is 6.20 Å². The Bertz CT molecular complexity index is 387. The molecule has 6 heteroatoms. The lowest BCUT2D eigenvalue weighted by Gasteiger charge is -2.07. The topological polar surface area (TPSA) is 36.7 Å². The van der Waals surface area contributed by atoms with Crippen molar-refractivity contribution in [2.24, 2.45) is 0 Å². The first-order chi connectivity index (χ1) is 6.57. The molecule has 0 fully saturated rings. The lowest BCUT2D eigenvalue weighted by molar-refractivity contribution is 0.149. The molecule has 1 aromatic rings. The van der Waals surface area contributed by atoms with Gasteiger partial charge in [0.25, 0.3) is 6.43 Å². The molecule has 0 saturated heterocycles. The Balaban J connectivity index is 3.31. The zero-order valence-corrected chi connectivity index (χ0v) is 8.93. The monoisotopic (exact) mass is 312 g/mol. The van der Waals surface area contributed by atoms with Crippen LogP contribution in [-0.4, -0.2) is 4.98 Å². The highest BCUT2D eigenvalue weighted by atomic mass is 127. The fraction of sp³-hybridized carbons (Fsp3) is 0.250. The van der Waals surface area contributed by atoms with Crippen molar-refractivity contribution in [1.82, 2.24) is 4.98 Å². The molecule has 0 aromatic carbocycles. The summed E-state index contributed by atoms with van der Waals surface area (Å²) < 4.78 is 37.6. The van der Waals surface area contributed by atoms with Crippen molar-refractivity contribution in [3.8, 4) is 6.07 Å². The number of pyridine rings is 1. The molecule has 1 heterocycles. The van der Waals surface area contributed by atoms with Gasteiger partial charge >= 0.3 is 0 Å². The molecule has 0 bridgehead atoms. The largest absolute Gasteiger partial charge is 0.265 e. The number of rotatable bonds is 2. The van der Waals surface area contributed by atoms with E-state index >= 15 is 0 Å². The van der Waals surface area contributed by atoms with Gasteiger partial charge in [0, 0.05) is 11.8 Å². The molecule has 14 heavy (non-hydrogen) atoms. The van der Waals surface area contributed by atoms with E-state index in [1.807, 2.05) is 0 Å². The van der Waals surface area contributed by atoms with Crippen molar-refractivity contribution in [1.29, 1.82) is 5.26 Å². The third kappa shape index (κ3) is 2.15. The summed E-state index contributed by atoms with van der Waals surface area (Å²) >= 11 is 1.57. The molecule has 0 spiro atoms. The number of nitriles is 1. The predicted octanol–water partition coefficient (Wildman–Crippen LogP) is 2.83. The van der Waals surface area contributed by atoms with Crippen LogP contribution in [-0.2, 0) is 6.42 Å². The maximum absolute atomic E-state index is 12.9. The maximum atomic E-state index is 12.9. The highest BCUT2D eigenvalue weighted by molar-refractivity contribution is 14.1. The second-order valence-corrected chi connectivity index (χ2v) is 3.51. The van der Waals surface area contributed by atoms with E-state index in [4.69, 9.17) is 5.26 Å². The summed E-state index contributed by atoms with van der Waals surface area (Å²) in [5.74, 6) is -0.819. The van der Waals surface area contributed by atoms with Crippen molar-refractivity contribution >= 4 is 22.6 Å². The van der Waals surface area contributed by atoms with E-state index in [2.05, 4.69) is 4.98 Å². The van der Waals surface area contributed by atoms with Crippen molar-refractivity contribution < 1.29 is 13.2 Å². The second-order valence-electron chi connectivity index (χ2n) is 2.43. The SMILES string of the molecule is N#CCc1c(C(F)F)cnc(F)c1I. The van der Waals surface area contributed by atoms with Gasteiger partial charge in [-0.2, -0.15) is 9.65 Å². The quantitative estimate of drug-likeness (QED) is 0.622. The fourth-order valence-corrected chi connectivity index (χ4v) is 1.60. The zero-order valence-electron chi connectivity index (χ0n) is 6.77. The van der Waals surface area contributed by atoms with E-state index in [1.54, 1.807) is 28.7 Å². The molecular formula is C8H4F3IN2. The summed E-state index contributed by atoms with van der Waals surface area (Å²) in [6.45, 7) is 0. The molecule has 0 N–H and O–H groups in total. The molecule has 1 aromatic heterocycles. The Morgan fingerprint density at radius 1 is 1.57 bits per heavy atom. The van der Waals surface area contributed by atoms with Crippen LogP contribution in [0.4, 0.5) is 13.2 Å². The summed E-state index contributed by atoms with van der Waals surface area (Å²) in [7, 11) is 0. The van der Waals surface area contributed by atoms with E-state index in [-0.39, 0.29) is 21.1 Å². The van der Waals surface area contributed by atoms with Gasteiger partial charge in [0.15, 0.2) is 0 Å². The van der Waals surface area contributed by atoms with Crippen LogP contribution < -0.4 is 0 Å². The van der Waals surface area contributed by atoms with Crippen LogP contribution in [0.25, 0.3) is 0 Å². The van der Waals surface area contributed by atoms with Crippen LogP contribution in [0.1, 0.15) is 17.6 Å². The summed E-state index contributed by atoms with van der Waals surface area (Å²) in [5, 5.41) is 8.40. The van der Waals surface area contributed by atoms with Crippen LogP contribution in [0.5, 0.6) is 0 Å². The van der Waals surface area contributed by atoms with Crippen molar-refractivity contribution in [2.75, 3.05) is 0 Å². The third-order valence-electron chi connectivity index (χ3n) is 1.60. The number of alkyl halides is 2. The normalized spacial score (nSPS) is 10.3. The molecule has 0 saturated carbocycles. The predicted molar refractivity (Wildman–Crippen MR) is 51.2 cm³/mol. The first-order valence-electron chi connectivity index (χ1n) is 3.55. The molecule has 2 nitrogen and oxygen atoms in total. The van der Waals surface area contributed by atoms with Crippen LogP contribution in [0.3, 0.4) is 0 Å². The van der Waals surface area contributed by atoms with Crippen molar-refractivity contribution in [3.05, 3.63) is 26.8 Å². The molecule has 0 amide bonds. The Labute approximate surface area is 91.9 Å². The van der Waals surface area contributed by atoms with Gasteiger partial charge in [0.05, 0.1) is 16.1 Å². The summed E-state index contributed by atoms with van der Waals surface area (Å²) in [5.41, 5.74) is -0.354. The van der Waals surface area contributed by atoms with Crippen molar-refractivity contribution in [3.63, 3.8) is 0 Å². The molecule has 0 aliphatic carbocycles. The highest BCUT2D eigenvalue weighted by Gasteiger charge is 2.18. The first-order valence-corrected chi connectivity index (χ1v) is 4.63. The zero-order chi connectivity index (χ0) is 10.7. The average molecular weight is 312 g/mol. The molecular weight excluding hydrogens is 308 g/mol. The maximum Gasteiger partial charge on any atom is 0.265 e. The number of nitrogens with zero attached hydrogens (tertiary/aromatic N) is 2. The van der Waals surface area contributed by atoms with Crippen LogP contribution in [0, 0.1) is 20.8 Å². The smallest absolute Gasteiger partial charge is 0.227 e. The Kier molecular flexibility index (Phi) is 3.69. The minimum atomic E-state index is -2.74. The number of hydrogen-bond acceptors (Lipinski definition) is 2. The van der Waals surface area contributed by atoms with Crippen LogP contribution in [0.2, 0.25) is 0 Å². The van der Waals surface area contributed by atoms with Gasteiger partial charge < -0.3 is 0 Å². The van der Waals surface area contributed by atoms with E-state index in [1.165, 1.54) is 0 Å². The summed E-state index contributed by atoms with van der Waals surface area (Å²) in [6.07, 6.45) is -2.20. The molecule has 0 atom stereocenters. The van der Waals surface area contributed by atoms with Gasteiger partial charge in [-0.05, 0) is 28.2 Å². The molecule has 0 unspecified atom stereocenters. The van der Waals surface area contributed by atoms with Crippen LogP contribution >= 0.6 is 22.6 Å². The third-order valence-corrected chi connectivity index (χ3v) is 2.70. The molecule has 0 aliphatic heterocycles. The minimum absolute atomic E-state index is 0.0121. The van der Waals surface area contributed by atoms with E-state index in [9.17, 15) is 13.2 Å². The number of hydrogen-bond donors (Lipinski definition) is 0. The first kappa shape index (κ1) is 11.2. The Morgan fingerprint density at radius 3 is 2.71 bits per heavy atom. The average Bonchev–Trinajstić information content (AvgIpc) is 2.13. The lowest BCUT2D eigenvalue weighted by atomic mass is 10.1. The molecule has 0 aliphatic rings. The highest BCUT2D eigenvalue weighted by Crippen LogP contribution is 2.27. The fourth-order valence-electron chi connectivity index (χ4n) is 0.959. The minimum Gasteiger partial charge on any atom is -0.227 e. The molecule has 1 rings (SSSR count). The van der Waals surface area contributed by atoms with Crippen molar-refractivity contribution in [2.45, 2.75) is 12.8 Å². The van der Waals surface area contributed by atoms with Gasteiger partial charge in [-0.3, -0.25) is 0 Å². The van der Waals surface area contributed by atoms with Gasteiger partial charge in [-0.25, -0.2) is 13.8 Å². The van der Waals surface area contributed by atoms with E-state index < -0.39 is 12.4 Å². The summed E-state index contributed by atoms with van der Waals surface area (Å²) in [4.78, 5) is 3.18. The van der Waals surface area contributed by atoms with Gasteiger partial charge in [0.1, 0.15) is 0 Å². The van der Waals surface area contributed by atoms with Gasteiger partial charge in [-0.15, -0.1) is 0 Å². The lowest BCUT2D eigenvalue weighted by Crippen LogP contribution is -2.02. The van der Waals surface area contributed by atoms with E-state index in [0.29, 0.717) is 0 Å². The molecule has 0 radical (unpaired) electrons. The van der Waals surface area contributed by atoms with Gasteiger partial charge in [-0.1, -0.05) is 0 Å². The number of halogens is 4. The standard InChI is InChI=1S/C8H4F3IN2/c9-7(10)5-3-14-8(11)6(12)4(5)1-2-13/h3,7H,1H2. The van der Waals surface area contributed by atoms with Gasteiger partial charge in [0.2, 0.25) is 5.95 Å². The Morgan fingerprint density at radius 2 is 2.21 bits per heavy atom. The molecule has 74 valence electrons. The second kappa shape index (κ2) is 4.59. The Hall–Kier alpha value is -0.840. The number of aromatic nitrogens is 1. The summed E-state index contributed by atoms with van der Waals surface area (Å²) in [6, 6.07) is 1.71.